The van der Waals surface area contributed by atoms with Crippen LogP contribution in [-0.2, 0) is 29.1 Å². The fourth-order valence-corrected chi connectivity index (χ4v) is 1.99. The molecule has 0 aliphatic rings. The Morgan fingerprint density at radius 2 is 0.552 bits per heavy atom. The summed E-state index contributed by atoms with van der Waals surface area (Å²) in [7, 11) is 0. The number of hydrogen-bond acceptors (Lipinski definition) is 2. The molecule has 7 heteroatoms. The second kappa shape index (κ2) is 25.8. The predicted octanol–water partition coefficient (Wildman–Crippen LogP) is 6.51. The zero-order valence-corrected chi connectivity index (χ0v) is 22.5. The predicted molar refractivity (Wildman–Crippen MR) is 125 cm³/mol. The van der Waals surface area contributed by atoms with Gasteiger partial charge >= 0.3 is 19.5 Å². The SMILES string of the molecule is CC(C)[N-]C([N-]C(C)C)C(C)C.CC(C)[N-]C([N-]C(C)C)C(C)C.[CH-]=O.[CH-]=O.[Ru+6]. The van der Waals surface area contributed by atoms with Crippen LogP contribution >= 0.6 is 0 Å². The van der Waals surface area contributed by atoms with Crippen LogP contribution in [0.15, 0.2) is 0 Å². The monoisotopic (exact) mass is 500 g/mol. The standard InChI is InChI=1S/2C10H22N2.2CHO.Ru/c2*1-7(2)10(11-8(3)4)12-9(5)6;2*1-2;/h2*7-10H,1-6H3;2*1H;/q2*-2;2*-1;+6. The van der Waals surface area contributed by atoms with Crippen molar-refractivity contribution in [2.75, 3.05) is 0 Å². The Kier molecular flexibility index (Phi) is 35.0. The normalized spacial score (nSPS) is 10.6. The summed E-state index contributed by atoms with van der Waals surface area (Å²) in [5.41, 5.74) is 0. The third-order valence-corrected chi connectivity index (χ3v) is 3.00. The van der Waals surface area contributed by atoms with Crippen molar-refractivity contribution in [2.24, 2.45) is 11.8 Å². The zero-order valence-electron chi connectivity index (χ0n) is 20.7. The molecule has 0 radical (unpaired) electrons. The maximum atomic E-state index is 7.75. The van der Waals surface area contributed by atoms with Gasteiger partial charge in [-0.2, -0.15) is 0 Å². The van der Waals surface area contributed by atoms with Crippen LogP contribution in [0.3, 0.4) is 0 Å². The molecule has 0 saturated heterocycles. The van der Waals surface area contributed by atoms with Gasteiger partial charge in [-0.15, -0.1) is 24.2 Å². The maximum Gasteiger partial charge on any atom is 6.00 e. The van der Waals surface area contributed by atoms with E-state index in [1.165, 1.54) is 0 Å². The van der Waals surface area contributed by atoms with E-state index >= 15 is 0 Å². The minimum atomic E-state index is 0. The molecule has 0 spiro atoms. The Labute approximate surface area is 195 Å². The van der Waals surface area contributed by atoms with E-state index in [2.05, 4.69) is 118 Å². The van der Waals surface area contributed by atoms with E-state index < -0.39 is 0 Å². The molecule has 0 amide bonds. The third-order valence-electron chi connectivity index (χ3n) is 3.00. The van der Waals surface area contributed by atoms with E-state index in [0.29, 0.717) is 36.0 Å². The fourth-order valence-electron chi connectivity index (χ4n) is 1.99. The molecular formula is C22H46N4O2Ru. The molecule has 0 aliphatic carbocycles. The van der Waals surface area contributed by atoms with E-state index in [-0.39, 0.29) is 31.8 Å². The molecule has 0 aromatic carbocycles. The van der Waals surface area contributed by atoms with Crippen molar-refractivity contribution in [2.45, 2.75) is 120 Å². The van der Waals surface area contributed by atoms with Gasteiger partial charge in [0.1, 0.15) is 0 Å². The van der Waals surface area contributed by atoms with Crippen LogP contribution in [0.25, 0.3) is 21.3 Å². The van der Waals surface area contributed by atoms with Crippen molar-refractivity contribution in [3.8, 4) is 0 Å². The van der Waals surface area contributed by atoms with Crippen LogP contribution in [-0.4, -0.2) is 50.1 Å². The molecule has 0 aromatic heterocycles. The summed E-state index contributed by atoms with van der Waals surface area (Å²) in [6.45, 7) is 32.0. The van der Waals surface area contributed by atoms with Gasteiger partial charge in [-0.05, 0) is 0 Å². The Bertz CT molecular complexity index is 265. The molecule has 0 atom stereocenters. The average Bonchev–Trinajstić information content (AvgIpc) is 2.56. The Morgan fingerprint density at radius 1 is 0.414 bits per heavy atom. The van der Waals surface area contributed by atoms with Gasteiger partial charge in [0.25, 0.3) is 0 Å². The topological polar surface area (TPSA) is 90.5 Å². The van der Waals surface area contributed by atoms with Crippen LogP contribution in [0.4, 0.5) is 0 Å². The zero-order chi connectivity index (χ0) is 23.4. The van der Waals surface area contributed by atoms with Crippen molar-refractivity contribution < 1.29 is 29.1 Å². The molecule has 29 heavy (non-hydrogen) atoms. The molecule has 0 bridgehead atoms. The molecular weight excluding hydrogens is 453 g/mol. The number of rotatable bonds is 10. The molecule has 0 unspecified atom stereocenters. The quantitative estimate of drug-likeness (QED) is 0.195. The van der Waals surface area contributed by atoms with Crippen molar-refractivity contribution >= 4 is 13.6 Å². The van der Waals surface area contributed by atoms with Gasteiger partial charge in [0.05, 0.1) is 0 Å². The fraction of sp³-hybridized carbons (Fsp3) is 0.909. The van der Waals surface area contributed by atoms with Crippen LogP contribution in [0.2, 0.25) is 0 Å². The molecule has 0 N–H and O–H groups in total. The molecule has 0 rings (SSSR count). The van der Waals surface area contributed by atoms with Gasteiger partial charge in [0.2, 0.25) is 0 Å². The number of carbonyl (C=O) groups excluding carboxylic acids is 2. The van der Waals surface area contributed by atoms with Crippen LogP contribution < -0.4 is 0 Å². The summed E-state index contributed by atoms with van der Waals surface area (Å²) in [4.78, 5) is 15.5. The largest absolute Gasteiger partial charge is 6.00 e. The number of hydrogen-bond donors (Lipinski definition) is 0. The third kappa shape index (κ3) is 32.7. The first kappa shape index (κ1) is 39.3. The van der Waals surface area contributed by atoms with Crippen molar-refractivity contribution in [1.29, 1.82) is 0 Å². The van der Waals surface area contributed by atoms with Crippen LogP contribution in [0.1, 0.15) is 83.1 Å². The minimum Gasteiger partial charge on any atom is -0.675 e. The second-order valence-corrected chi connectivity index (χ2v) is 8.29. The molecule has 0 fully saturated rings. The van der Waals surface area contributed by atoms with Gasteiger partial charge in [-0.25, -0.2) is 12.3 Å². The first-order valence-electron chi connectivity index (χ1n) is 10.1. The average molecular weight is 500 g/mol. The van der Waals surface area contributed by atoms with Crippen molar-refractivity contribution in [3.63, 3.8) is 0 Å². The summed E-state index contributed by atoms with van der Waals surface area (Å²) in [5, 5.41) is 18.2. The van der Waals surface area contributed by atoms with Gasteiger partial charge < -0.3 is 30.9 Å². The smallest absolute Gasteiger partial charge is 0.675 e. The first-order chi connectivity index (χ1) is 12.9. The van der Waals surface area contributed by atoms with Gasteiger partial charge in [-0.1, -0.05) is 94.9 Å². The van der Waals surface area contributed by atoms with Gasteiger partial charge in [-0.3, -0.25) is 13.6 Å². The Balaban J connectivity index is -0.000000109. The van der Waals surface area contributed by atoms with E-state index in [1.807, 2.05) is 0 Å². The molecule has 6 nitrogen and oxygen atoms in total. The summed E-state index contributed by atoms with van der Waals surface area (Å²) in [5.74, 6) is 1.05. The van der Waals surface area contributed by atoms with Crippen molar-refractivity contribution in [1.82, 2.24) is 0 Å². The molecule has 174 valence electrons. The molecule has 0 heterocycles. The first-order valence-corrected chi connectivity index (χ1v) is 10.1. The van der Waals surface area contributed by atoms with E-state index in [1.54, 1.807) is 0 Å². The van der Waals surface area contributed by atoms with E-state index in [9.17, 15) is 0 Å². The number of nitrogens with zero attached hydrogens (tertiary/aromatic N) is 4. The maximum absolute atomic E-state index is 7.75. The second-order valence-electron chi connectivity index (χ2n) is 8.29. The minimum absolute atomic E-state index is 0. The Hall–Kier alpha value is -0.197. The van der Waals surface area contributed by atoms with E-state index in [4.69, 9.17) is 9.59 Å². The summed E-state index contributed by atoms with van der Waals surface area (Å²) in [6.07, 6.45) is 0.370. The molecule has 0 aliphatic heterocycles. The van der Waals surface area contributed by atoms with Crippen molar-refractivity contribution in [3.05, 3.63) is 21.3 Å². The van der Waals surface area contributed by atoms with Gasteiger partial charge in [0.15, 0.2) is 0 Å². The summed E-state index contributed by atoms with van der Waals surface area (Å²) >= 11 is 0. The molecule has 0 saturated carbocycles. The van der Waals surface area contributed by atoms with Crippen LogP contribution in [0.5, 0.6) is 0 Å². The van der Waals surface area contributed by atoms with Gasteiger partial charge in [0, 0.05) is 0 Å². The summed E-state index contributed by atoms with van der Waals surface area (Å²) < 4.78 is 0. The Morgan fingerprint density at radius 3 is 0.621 bits per heavy atom. The van der Waals surface area contributed by atoms with Crippen LogP contribution in [0, 0.1) is 11.8 Å². The summed E-state index contributed by atoms with van der Waals surface area (Å²) in [6, 6.07) is 1.56. The van der Waals surface area contributed by atoms with E-state index in [0.717, 1.165) is 0 Å². The molecule has 0 aromatic rings.